The highest BCUT2D eigenvalue weighted by Crippen LogP contribution is 2.29. The van der Waals surface area contributed by atoms with Crippen LogP contribution >= 0.6 is 35.1 Å². The summed E-state index contributed by atoms with van der Waals surface area (Å²) >= 11 is 9.32. The van der Waals surface area contributed by atoms with Crippen molar-refractivity contribution in [3.63, 3.8) is 0 Å². The summed E-state index contributed by atoms with van der Waals surface area (Å²) in [6, 6.07) is 7.73. The Balaban J connectivity index is 0.000000280. The minimum Gasteiger partial charge on any atom is -0.392 e. The van der Waals surface area contributed by atoms with Gasteiger partial charge in [-0.05, 0) is 28.5 Å². The standard InChI is InChI=1S/C11H16ClNS.C11H17NOS/c1-11(2,3)8-14-10-9(7-12)5-4-6-13-10;1-11(2,3)8-14-10-9(7-13)5-4-6-12-10/h4-6H,7-8H2,1-3H3;4-6,13H,7-8H2,1-3H3. The molecule has 28 heavy (non-hydrogen) atoms. The van der Waals surface area contributed by atoms with Crippen molar-refractivity contribution in [3.8, 4) is 0 Å². The van der Waals surface area contributed by atoms with E-state index >= 15 is 0 Å². The van der Waals surface area contributed by atoms with Gasteiger partial charge in [-0.3, -0.25) is 0 Å². The maximum absolute atomic E-state index is 9.09. The van der Waals surface area contributed by atoms with Crippen LogP contribution in [0.2, 0.25) is 0 Å². The smallest absolute Gasteiger partial charge is 0.101 e. The zero-order valence-corrected chi connectivity index (χ0v) is 20.2. The predicted molar refractivity (Wildman–Crippen MR) is 124 cm³/mol. The van der Waals surface area contributed by atoms with Gasteiger partial charge in [0.1, 0.15) is 10.1 Å². The lowest BCUT2D eigenvalue weighted by atomic mass is 10.0. The molecule has 0 atom stereocenters. The molecule has 0 radical (unpaired) electrons. The monoisotopic (exact) mass is 440 g/mol. The van der Waals surface area contributed by atoms with Crippen LogP contribution in [0, 0.1) is 10.8 Å². The Morgan fingerprint density at radius 2 is 1.25 bits per heavy atom. The second kappa shape index (κ2) is 12.1. The molecule has 0 saturated heterocycles. The molecular formula is C22H33ClN2OS2. The minimum absolute atomic E-state index is 0.0698. The molecule has 0 bridgehead atoms. The third-order valence-corrected chi connectivity index (χ3v) is 6.89. The molecule has 2 aromatic heterocycles. The zero-order valence-electron chi connectivity index (χ0n) is 17.8. The molecule has 0 saturated carbocycles. The summed E-state index contributed by atoms with van der Waals surface area (Å²) in [5.41, 5.74) is 2.66. The number of pyridine rings is 2. The lowest BCUT2D eigenvalue weighted by molar-refractivity contribution is 0.278. The molecule has 0 aliphatic rings. The van der Waals surface area contributed by atoms with E-state index in [0.717, 1.165) is 32.7 Å². The van der Waals surface area contributed by atoms with Crippen LogP contribution < -0.4 is 0 Å². The number of aromatic nitrogens is 2. The summed E-state index contributed by atoms with van der Waals surface area (Å²) in [5, 5.41) is 11.1. The largest absolute Gasteiger partial charge is 0.392 e. The van der Waals surface area contributed by atoms with E-state index in [-0.39, 0.29) is 12.0 Å². The van der Waals surface area contributed by atoms with Gasteiger partial charge in [-0.15, -0.1) is 35.1 Å². The average molecular weight is 441 g/mol. The van der Waals surface area contributed by atoms with Gasteiger partial charge in [-0.1, -0.05) is 53.7 Å². The molecule has 2 aromatic rings. The highest BCUT2D eigenvalue weighted by Gasteiger charge is 2.13. The van der Waals surface area contributed by atoms with Crippen LogP contribution in [-0.2, 0) is 12.5 Å². The molecule has 0 aromatic carbocycles. The summed E-state index contributed by atoms with van der Waals surface area (Å²) in [4.78, 5) is 8.59. The predicted octanol–water partition coefficient (Wildman–Crippen LogP) is 6.67. The number of hydrogen-bond acceptors (Lipinski definition) is 5. The quantitative estimate of drug-likeness (QED) is 0.401. The van der Waals surface area contributed by atoms with Crippen molar-refractivity contribution < 1.29 is 5.11 Å². The van der Waals surface area contributed by atoms with Crippen molar-refractivity contribution in [2.75, 3.05) is 11.5 Å². The van der Waals surface area contributed by atoms with Crippen LogP contribution in [0.25, 0.3) is 0 Å². The molecule has 1 N–H and O–H groups in total. The fraction of sp³-hybridized carbons (Fsp3) is 0.545. The average Bonchev–Trinajstić information content (AvgIpc) is 2.64. The van der Waals surface area contributed by atoms with Crippen molar-refractivity contribution in [2.45, 2.75) is 64.1 Å². The van der Waals surface area contributed by atoms with Gasteiger partial charge in [0.25, 0.3) is 0 Å². The van der Waals surface area contributed by atoms with E-state index in [9.17, 15) is 0 Å². The molecule has 0 aliphatic carbocycles. The SMILES string of the molecule is CC(C)(C)CSc1ncccc1CCl.CC(C)(C)CSc1ncccc1CO. The van der Waals surface area contributed by atoms with Gasteiger partial charge in [0, 0.05) is 29.5 Å². The molecule has 156 valence electrons. The first-order chi connectivity index (χ1) is 13.1. The summed E-state index contributed by atoms with van der Waals surface area (Å²) in [6.07, 6.45) is 3.59. The van der Waals surface area contributed by atoms with E-state index in [2.05, 4.69) is 51.5 Å². The van der Waals surface area contributed by atoms with E-state index in [0.29, 0.717) is 11.3 Å². The Morgan fingerprint density at radius 3 is 1.64 bits per heavy atom. The van der Waals surface area contributed by atoms with Crippen molar-refractivity contribution in [2.24, 2.45) is 10.8 Å². The van der Waals surface area contributed by atoms with Crippen LogP contribution in [0.5, 0.6) is 0 Å². The van der Waals surface area contributed by atoms with Crippen LogP contribution in [0.4, 0.5) is 0 Å². The number of alkyl halides is 1. The number of thioether (sulfide) groups is 2. The molecule has 2 heterocycles. The lowest BCUT2D eigenvalue weighted by Gasteiger charge is -2.17. The Bertz CT molecular complexity index is 651. The van der Waals surface area contributed by atoms with Crippen molar-refractivity contribution in [1.29, 1.82) is 0 Å². The van der Waals surface area contributed by atoms with E-state index in [4.69, 9.17) is 16.7 Å². The van der Waals surface area contributed by atoms with Crippen LogP contribution in [0.1, 0.15) is 52.7 Å². The number of halogens is 1. The molecule has 0 amide bonds. The van der Waals surface area contributed by atoms with Crippen LogP contribution in [-0.4, -0.2) is 26.6 Å². The number of nitrogens with zero attached hydrogens (tertiary/aromatic N) is 2. The maximum Gasteiger partial charge on any atom is 0.101 e. The van der Waals surface area contributed by atoms with Gasteiger partial charge in [-0.2, -0.15) is 0 Å². The number of aliphatic hydroxyl groups is 1. The molecule has 3 nitrogen and oxygen atoms in total. The maximum atomic E-state index is 9.09. The van der Waals surface area contributed by atoms with E-state index < -0.39 is 0 Å². The number of rotatable bonds is 6. The number of hydrogen-bond donors (Lipinski definition) is 1. The molecule has 0 aliphatic heterocycles. The fourth-order valence-electron chi connectivity index (χ4n) is 1.90. The van der Waals surface area contributed by atoms with E-state index in [1.54, 1.807) is 29.7 Å². The Morgan fingerprint density at radius 1 is 0.821 bits per heavy atom. The summed E-state index contributed by atoms with van der Waals surface area (Å²) < 4.78 is 0. The summed E-state index contributed by atoms with van der Waals surface area (Å²) in [7, 11) is 0. The Kier molecular flexibility index (Phi) is 10.9. The Hall–Kier alpha value is -0.750. The van der Waals surface area contributed by atoms with Crippen LogP contribution in [0.3, 0.4) is 0 Å². The Labute approximate surface area is 184 Å². The van der Waals surface area contributed by atoms with E-state index in [1.165, 1.54) is 0 Å². The van der Waals surface area contributed by atoms with Gasteiger partial charge in [0.15, 0.2) is 0 Å². The van der Waals surface area contributed by atoms with Crippen molar-refractivity contribution in [1.82, 2.24) is 9.97 Å². The first kappa shape index (κ1) is 25.3. The van der Waals surface area contributed by atoms with E-state index in [1.807, 2.05) is 30.5 Å². The summed E-state index contributed by atoms with van der Waals surface area (Å²) in [5.74, 6) is 2.62. The summed E-state index contributed by atoms with van der Waals surface area (Å²) in [6.45, 7) is 13.3. The first-order valence-electron chi connectivity index (χ1n) is 9.36. The van der Waals surface area contributed by atoms with Gasteiger partial charge in [0.05, 0.1) is 12.5 Å². The third-order valence-electron chi connectivity index (χ3n) is 3.30. The third kappa shape index (κ3) is 10.7. The molecule has 0 spiro atoms. The zero-order chi connectivity index (χ0) is 21.2. The normalized spacial score (nSPS) is 11.7. The molecule has 6 heteroatoms. The first-order valence-corrected chi connectivity index (χ1v) is 11.9. The topological polar surface area (TPSA) is 46.0 Å². The van der Waals surface area contributed by atoms with Gasteiger partial charge < -0.3 is 5.11 Å². The molecular weight excluding hydrogens is 408 g/mol. The lowest BCUT2D eigenvalue weighted by Crippen LogP contribution is -2.08. The highest BCUT2D eigenvalue weighted by molar-refractivity contribution is 7.99. The van der Waals surface area contributed by atoms with Gasteiger partial charge >= 0.3 is 0 Å². The highest BCUT2D eigenvalue weighted by atomic mass is 35.5. The molecule has 0 unspecified atom stereocenters. The molecule has 0 fully saturated rings. The van der Waals surface area contributed by atoms with Crippen molar-refractivity contribution >= 4 is 35.1 Å². The fourth-order valence-corrected chi connectivity index (χ4v) is 4.25. The van der Waals surface area contributed by atoms with Crippen molar-refractivity contribution in [3.05, 3.63) is 47.8 Å². The second-order valence-corrected chi connectivity index (χ2v) is 11.1. The second-order valence-electron chi connectivity index (χ2n) is 8.93. The van der Waals surface area contributed by atoms with Gasteiger partial charge in [-0.25, -0.2) is 9.97 Å². The number of aliphatic hydroxyl groups excluding tert-OH is 1. The van der Waals surface area contributed by atoms with Crippen LogP contribution in [0.15, 0.2) is 46.7 Å². The molecule has 2 rings (SSSR count). The van der Waals surface area contributed by atoms with Gasteiger partial charge in [0.2, 0.25) is 0 Å². The minimum atomic E-state index is 0.0698.